The summed E-state index contributed by atoms with van der Waals surface area (Å²) in [6.45, 7) is 0. The van der Waals surface area contributed by atoms with Crippen molar-refractivity contribution in [2.45, 2.75) is 12.0 Å². The Bertz CT molecular complexity index is 1530. The molecule has 2 heterocycles. The molecular weight excluding hydrogens is 534 g/mol. The fraction of sp³-hybridized carbons (Fsp3) is 0.172. The highest BCUT2D eigenvalue weighted by Gasteiger charge is 2.61. The van der Waals surface area contributed by atoms with Crippen molar-refractivity contribution in [3.05, 3.63) is 99.7 Å². The number of halogens is 1. The van der Waals surface area contributed by atoms with Crippen molar-refractivity contribution in [1.29, 1.82) is 10.5 Å². The van der Waals surface area contributed by atoms with Gasteiger partial charge in [-0.3, -0.25) is 0 Å². The van der Waals surface area contributed by atoms with E-state index in [4.69, 9.17) is 9.47 Å². The summed E-state index contributed by atoms with van der Waals surface area (Å²) in [5.41, 5.74) is 1.44. The SMILES string of the molecule is COC(=O)C1=C(C(=O)OC)N2c3ccccc3-c3ccccc3C2C(C#N)(C#N)C1c1ccc(Br)cc1. The quantitative estimate of drug-likeness (QED) is 0.399. The van der Waals surface area contributed by atoms with Crippen molar-refractivity contribution < 1.29 is 19.1 Å². The number of ether oxygens (including phenoxy) is 2. The Morgan fingerprint density at radius 2 is 1.46 bits per heavy atom. The van der Waals surface area contributed by atoms with E-state index >= 15 is 0 Å². The van der Waals surface area contributed by atoms with E-state index < -0.39 is 29.3 Å². The molecule has 0 amide bonds. The Hall–Kier alpha value is -4.40. The molecule has 2 aliphatic heterocycles. The van der Waals surface area contributed by atoms with E-state index in [0.717, 1.165) is 15.6 Å². The summed E-state index contributed by atoms with van der Waals surface area (Å²) in [5, 5.41) is 21.6. The van der Waals surface area contributed by atoms with Gasteiger partial charge in [-0.25, -0.2) is 9.59 Å². The molecule has 0 bridgehead atoms. The largest absolute Gasteiger partial charge is 0.466 e. The van der Waals surface area contributed by atoms with Gasteiger partial charge in [0.2, 0.25) is 0 Å². The minimum Gasteiger partial charge on any atom is -0.466 e. The first-order valence-electron chi connectivity index (χ1n) is 11.4. The molecule has 0 saturated carbocycles. The van der Waals surface area contributed by atoms with Crippen molar-refractivity contribution in [2.24, 2.45) is 5.41 Å². The van der Waals surface area contributed by atoms with Crippen LogP contribution in [0.3, 0.4) is 0 Å². The van der Waals surface area contributed by atoms with Crippen molar-refractivity contribution in [3.63, 3.8) is 0 Å². The fourth-order valence-electron chi connectivity index (χ4n) is 5.51. The smallest absolute Gasteiger partial charge is 0.355 e. The van der Waals surface area contributed by atoms with Crippen LogP contribution in [0.25, 0.3) is 11.1 Å². The van der Waals surface area contributed by atoms with Crippen LogP contribution in [0.15, 0.2) is 88.5 Å². The molecule has 0 spiro atoms. The van der Waals surface area contributed by atoms with E-state index in [1.54, 1.807) is 41.3 Å². The zero-order valence-corrected chi connectivity index (χ0v) is 21.5. The van der Waals surface area contributed by atoms with Gasteiger partial charge in [-0.05, 0) is 34.9 Å². The van der Waals surface area contributed by atoms with Gasteiger partial charge in [-0.15, -0.1) is 0 Å². The van der Waals surface area contributed by atoms with Gasteiger partial charge < -0.3 is 14.4 Å². The minimum atomic E-state index is -1.82. The first-order valence-corrected chi connectivity index (χ1v) is 12.2. The zero-order chi connectivity index (χ0) is 26.3. The molecule has 182 valence electrons. The molecular formula is C29H20BrN3O4. The Labute approximate surface area is 222 Å². The third-order valence-electron chi connectivity index (χ3n) is 7.00. The number of benzene rings is 3. The topological polar surface area (TPSA) is 103 Å². The van der Waals surface area contributed by atoms with Gasteiger partial charge in [0.05, 0.1) is 43.9 Å². The number of para-hydroxylation sites is 1. The number of nitrogens with zero attached hydrogens (tertiary/aromatic N) is 3. The van der Waals surface area contributed by atoms with Gasteiger partial charge in [-0.2, -0.15) is 10.5 Å². The predicted octanol–water partition coefficient (Wildman–Crippen LogP) is 5.41. The van der Waals surface area contributed by atoms with Gasteiger partial charge in [0, 0.05) is 15.7 Å². The molecule has 2 aliphatic rings. The van der Waals surface area contributed by atoms with E-state index in [2.05, 4.69) is 28.1 Å². The summed E-state index contributed by atoms with van der Waals surface area (Å²) < 4.78 is 11.1. The predicted molar refractivity (Wildman–Crippen MR) is 139 cm³/mol. The normalized spacial score (nSPS) is 18.9. The average molecular weight is 554 g/mol. The molecule has 0 radical (unpaired) electrons. The molecule has 3 aromatic carbocycles. The Balaban J connectivity index is 2.00. The molecule has 8 heteroatoms. The molecule has 2 unspecified atom stereocenters. The zero-order valence-electron chi connectivity index (χ0n) is 19.9. The second-order valence-corrected chi connectivity index (χ2v) is 9.62. The number of methoxy groups -OCH3 is 2. The molecule has 37 heavy (non-hydrogen) atoms. The highest BCUT2D eigenvalue weighted by Crippen LogP contribution is 2.62. The highest BCUT2D eigenvalue weighted by atomic mass is 79.9. The van der Waals surface area contributed by atoms with Crippen LogP contribution in [0.1, 0.15) is 23.1 Å². The lowest BCUT2D eigenvalue weighted by Gasteiger charge is -2.51. The Kier molecular flexibility index (Phi) is 6.07. The Morgan fingerprint density at radius 3 is 2.08 bits per heavy atom. The molecule has 0 aromatic heterocycles. The number of hydrogen-bond acceptors (Lipinski definition) is 7. The molecule has 0 aliphatic carbocycles. The third kappa shape index (κ3) is 3.45. The van der Waals surface area contributed by atoms with Gasteiger partial charge in [-0.1, -0.05) is 70.5 Å². The van der Waals surface area contributed by atoms with Crippen molar-refractivity contribution >= 4 is 33.6 Å². The van der Waals surface area contributed by atoms with Crippen molar-refractivity contribution in [2.75, 3.05) is 19.1 Å². The maximum absolute atomic E-state index is 13.5. The van der Waals surface area contributed by atoms with E-state index in [0.29, 0.717) is 16.8 Å². The number of carbonyl (C=O) groups is 2. The number of anilines is 1. The summed E-state index contributed by atoms with van der Waals surface area (Å²) in [5.74, 6) is -2.71. The van der Waals surface area contributed by atoms with Crippen molar-refractivity contribution in [3.8, 4) is 23.3 Å². The lowest BCUT2D eigenvalue weighted by Crippen LogP contribution is -2.52. The monoisotopic (exact) mass is 553 g/mol. The lowest BCUT2D eigenvalue weighted by atomic mass is 9.59. The van der Waals surface area contributed by atoms with Crippen LogP contribution in [0.4, 0.5) is 5.69 Å². The lowest BCUT2D eigenvalue weighted by molar-refractivity contribution is -0.140. The number of fused-ring (bicyclic) bond motifs is 6. The second kappa shape index (κ2) is 9.24. The van der Waals surface area contributed by atoms with E-state index in [9.17, 15) is 20.1 Å². The highest BCUT2D eigenvalue weighted by molar-refractivity contribution is 9.10. The maximum atomic E-state index is 13.5. The van der Waals surface area contributed by atoms with Crippen LogP contribution in [0.2, 0.25) is 0 Å². The average Bonchev–Trinajstić information content (AvgIpc) is 2.95. The molecule has 3 aromatic rings. The first kappa shape index (κ1) is 24.3. The molecule has 2 atom stereocenters. The van der Waals surface area contributed by atoms with E-state index in [1.807, 2.05) is 36.4 Å². The minimum absolute atomic E-state index is 0.0599. The van der Waals surface area contributed by atoms with Gasteiger partial charge >= 0.3 is 11.9 Å². The molecule has 0 fully saturated rings. The van der Waals surface area contributed by atoms with Crippen LogP contribution >= 0.6 is 15.9 Å². The summed E-state index contributed by atoms with van der Waals surface area (Å²) in [7, 11) is 2.43. The number of nitriles is 2. The van der Waals surface area contributed by atoms with Crippen molar-refractivity contribution in [1.82, 2.24) is 0 Å². The molecule has 0 saturated heterocycles. The van der Waals surface area contributed by atoms with E-state index in [1.165, 1.54) is 14.2 Å². The van der Waals surface area contributed by atoms with Crippen LogP contribution in [0.5, 0.6) is 0 Å². The standard InChI is InChI=1S/C29H20BrN3O4/c1-36-27(34)23-24(17-11-13-18(30)14-12-17)29(15-31,16-32)26-21-9-4-3-7-19(21)20-8-5-6-10-22(20)33(26)25(23)28(35)37-2/h3-14,24,26H,1-2H3. The number of hydrogen-bond donors (Lipinski definition) is 0. The van der Waals surface area contributed by atoms with Crippen LogP contribution < -0.4 is 4.90 Å². The van der Waals surface area contributed by atoms with Gasteiger partial charge in [0.25, 0.3) is 0 Å². The van der Waals surface area contributed by atoms with E-state index in [-0.39, 0.29) is 11.3 Å². The van der Waals surface area contributed by atoms with Gasteiger partial charge in [0.1, 0.15) is 5.70 Å². The summed E-state index contributed by atoms with van der Waals surface area (Å²) >= 11 is 3.41. The second-order valence-electron chi connectivity index (χ2n) is 8.70. The maximum Gasteiger partial charge on any atom is 0.355 e. The van der Waals surface area contributed by atoms with Crippen LogP contribution in [0, 0.1) is 28.1 Å². The summed E-state index contributed by atoms with van der Waals surface area (Å²) in [4.78, 5) is 28.6. The molecule has 7 nitrogen and oxygen atoms in total. The molecule has 5 rings (SSSR count). The number of carbonyl (C=O) groups excluding carboxylic acids is 2. The summed E-state index contributed by atoms with van der Waals surface area (Å²) in [6, 6.07) is 25.5. The molecule has 0 N–H and O–H groups in total. The van der Waals surface area contributed by atoms with Crippen LogP contribution in [-0.2, 0) is 19.1 Å². The fourth-order valence-corrected chi connectivity index (χ4v) is 5.78. The third-order valence-corrected chi connectivity index (χ3v) is 7.52. The Morgan fingerprint density at radius 1 is 0.865 bits per heavy atom. The first-order chi connectivity index (χ1) is 17.9. The van der Waals surface area contributed by atoms with Gasteiger partial charge in [0.15, 0.2) is 5.41 Å². The van der Waals surface area contributed by atoms with Crippen LogP contribution in [-0.4, -0.2) is 26.2 Å². The number of esters is 2. The number of rotatable bonds is 3. The summed E-state index contributed by atoms with van der Waals surface area (Å²) in [6.07, 6.45) is 0.